The molecule has 0 bridgehead atoms. The molecule has 0 saturated heterocycles. The average Bonchev–Trinajstić information content (AvgIpc) is 2.59. The maximum Gasteiger partial charge on any atom is 0.255 e. The Labute approximate surface area is 138 Å². The Hall–Kier alpha value is -2.35. The number of carbonyl (C=O) groups is 1. The number of aryl methyl sites for hydroxylation is 3. The Morgan fingerprint density at radius 1 is 1.17 bits per heavy atom. The van der Waals surface area contributed by atoms with Crippen molar-refractivity contribution in [3.63, 3.8) is 0 Å². The van der Waals surface area contributed by atoms with Gasteiger partial charge in [0.15, 0.2) is 0 Å². The van der Waals surface area contributed by atoms with Gasteiger partial charge in [0.2, 0.25) is 0 Å². The number of hydrogen-bond acceptors (Lipinski definition) is 1. The zero-order chi connectivity index (χ0) is 16.2. The van der Waals surface area contributed by atoms with E-state index in [-0.39, 0.29) is 5.91 Å². The summed E-state index contributed by atoms with van der Waals surface area (Å²) in [5, 5.41) is 2.96. The zero-order valence-electron chi connectivity index (χ0n) is 13.9. The molecule has 0 aromatic heterocycles. The average molecular weight is 305 g/mol. The summed E-state index contributed by atoms with van der Waals surface area (Å²) in [5.41, 5.74) is 7.12. The summed E-state index contributed by atoms with van der Waals surface area (Å²) in [6.45, 7) is 4.18. The van der Waals surface area contributed by atoms with Crippen LogP contribution in [0.15, 0.2) is 48.7 Å². The molecule has 0 aliphatic heterocycles. The zero-order valence-corrected chi connectivity index (χ0v) is 13.9. The van der Waals surface area contributed by atoms with Crippen LogP contribution in [0.4, 0.5) is 0 Å². The first-order chi connectivity index (χ1) is 11.2. The lowest BCUT2D eigenvalue weighted by Crippen LogP contribution is -2.18. The predicted octanol–water partition coefficient (Wildman–Crippen LogP) is 4.66. The molecule has 2 nitrogen and oxygen atoms in total. The molecule has 0 spiro atoms. The summed E-state index contributed by atoms with van der Waals surface area (Å²) in [6.07, 6.45) is 6.26. The second-order valence-corrected chi connectivity index (χ2v) is 6.21. The molecule has 0 fully saturated rings. The van der Waals surface area contributed by atoms with E-state index in [2.05, 4.69) is 30.4 Å². The number of benzene rings is 2. The molecule has 2 heteroatoms. The van der Waals surface area contributed by atoms with E-state index in [9.17, 15) is 4.79 Å². The minimum Gasteiger partial charge on any atom is -0.328 e. The largest absolute Gasteiger partial charge is 0.328 e. The molecule has 23 heavy (non-hydrogen) atoms. The van der Waals surface area contributed by atoms with E-state index < -0.39 is 0 Å². The summed E-state index contributed by atoms with van der Waals surface area (Å²) in [6, 6.07) is 14.4. The molecule has 0 unspecified atom stereocenters. The first kappa shape index (κ1) is 15.5. The third-order valence-corrected chi connectivity index (χ3v) is 4.47. The van der Waals surface area contributed by atoms with Crippen LogP contribution in [0.2, 0.25) is 0 Å². The van der Waals surface area contributed by atoms with E-state index in [1.807, 2.05) is 37.4 Å². The van der Waals surface area contributed by atoms with Gasteiger partial charge < -0.3 is 5.32 Å². The minimum atomic E-state index is -0.0431. The number of hydrogen-bond donors (Lipinski definition) is 1. The van der Waals surface area contributed by atoms with Crippen molar-refractivity contribution in [3.8, 4) is 0 Å². The fourth-order valence-electron chi connectivity index (χ4n) is 3.16. The minimum absolute atomic E-state index is 0.0431. The van der Waals surface area contributed by atoms with Crippen molar-refractivity contribution in [2.75, 3.05) is 0 Å². The summed E-state index contributed by atoms with van der Waals surface area (Å²) in [4.78, 5) is 12.3. The van der Waals surface area contributed by atoms with E-state index in [0.29, 0.717) is 5.56 Å². The third kappa shape index (κ3) is 3.53. The van der Waals surface area contributed by atoms with E-state index in [1.165, 1.54) is 22.3 Å². The number of carbonyl (C=O) groups excluding carboxylic acids is 1. The molecule has 0 saturated carbocycles. The molecular formula is C21H23NO. The van der Waals surface area contributed by atoms with Gasteiger partial charge in [0, 0.05) is 11.8 Å². The molecule has 1 amide bonds. The maximum absolute atomic E-state index is 12.3. The van der Waals surface area contributed by atoms with Crippen molar-refractivity contribution in [1.29, 1.82) is 0 Å². The smallest absolute Gasteiger partial charge is 0.255 e. The molecule has 1 aliphatic carbocycles. The quantitative estimate of drug-likeness (QED) is 0.877. The molecule has 0 atom stereocenters. The Morgan fingerprint density at radius 2 is 2.04 bits per heavy atom. The molecule has 118 valence electrons. The van der Waals surface area contributed by atoms with E-state index in [4.69, 9.17) is 0 Å². The Morgan fingerprint density at radius 3 is 2.83 bits per heavy atom. The van der Waals surface area contributed by atoms with Gasteiger partial charge in [-0.05, 0) is 67.0 Å². The van der Waals surface area contributed by atoms with E-state index >= 15 is 0 Å². The molecule has 2 aromatic carbocycles. The molecule has 1 N–H and O–H groups in total. The van der Waals surface area contributed by atoms with Gasteiger partial charge in [0.25, 0.3) is 5.91 Å². The summed E-state index contributed by atoms with van der Waals surface area (Å²) < 4.78 is 0. The third-order valence-electron chi connectivity index (χ3n) is 4.47. The first-order valence-electron chi connectivity index (χ1n) is 8.36. The van der Waals surface area contributed by atoms with Crippen molar-refractivity contribution < 1.29 is 4.79 Å². The van der Waals surface area contributed by atoms with Crippen LogP contribution in [0.25, 0.3) is 5.57 Å². The predicted molar refractivity (Wildman–Crippen MR) is 95.4 cm³/mol. The standard InChI is InChI=1S/C21H23NO/c1-3-16-10-11-20-17(13-16)7-5-9-19(20)14-22-21(23)18-8-4-6-15(2)12-18/h4,6,8,10-14H,3,5,7,9H2,1-2H3,(H,22,23)/b19-14+. The topological polar surface area (TPSA) is 29.1 Å². The lowest BCUT2D eigenvalue weighted by atomic mass is 9.86. The van der Waals surface area contributed by atoms with Crippen molar-refractivity contribution >= 4 is 11.5 Å². The molecule has 0 radical (unpaired) electrons. The summed E-state index contributed by atoms with van der Waals surface area (Å²) in [5.74, 6) is -0.0431. The fourth-order valence-corrected chi connectivity index (χ4v) is 3.16. The van der Waals surface area contributed by atoms with E-state index in [1.54, 1.807) is 0 Å². The normalized spacial score (nSPS) is 15.3. The van der Waals surface area contributed by atoms with Crippen LogP contribution in [0.3, 0.4) is 0 Å². The van der Waals surface area contributed by atoms with Crippen molar-refractivity contribution in [2.45, 2.75) is 39.5 Å². The van der Waals surface area contributed by atoms with Crippen molar-refractivity contribution in [1.82, 2.24) is 5.32 Å². The maximum atomic E-state index is 12.3. The van der Waals surface area contributed by atoms with Crippen LogP contribution in [-0.2, 0) is 12.8 Å². The highest BCUT2D eigenvalue weighted by Gasteiger charge is 2.14. The molecule has 1 aliphatic rings. The highest BCUT2D eigenvalue weighted by atomic mass is 16.1. The van der Waals surface area contributed by atoms with Crippen molar-refractivity contribution in [3.05, 3.63) is 76.5 Å². The second-order valence-electron chi connectivity index (χ2n) is 6.21. The summed E-state index contributed by atoms with van der Waals surface area (Å²) in [7, 11) is 0. The number of nitrogens with one attached hydrogen (secondary N) is 1. The van der Waals surface area contributed by atoms with Gasteiger partial charge in [-0.2, -0.15) is 0 Å². The van der Waals surface area contributed by atoms with Gasteiger partial charge in [-0.1, -0.05) is 42.8 Å². The highest BCUT2D eigenvalue weighted by Crippen LogP contribution is 2.31. The molecule has 3 rings (SSSR count). The Bertz CT molecular complexity index is 758. The number of fused-ring (bicyclic) bond motifs is 1. The molecule has 0 heterocycles. The highest BCUT2D eigenvalue weighted by molar-refractivity contribution is 5.95. The van der Waals surface area contributed by atoms with E-state index in [0.717, 1.165) is 31.2 Å². The van der Waals surface area contributed by atoms with Crippen LogP contribution >= 0.6 is 0 Å². The van der Waals surface area contributed by atoms with Crippen molar-refractivity contribution in [2.24, 2.45) is 0 Å². The lowest BCUT2D eigenvalue weighted by Gasteiger charge is -2.20. The monoisotopic (exact) mass is 305 g/mol. The second kappa shape index (κ2) is 6.82. The molecule has 2 aromatic rings. The van der Waals surface area contributed by atoms with Crippen LogP contribution in [0.1, 0.15) is 52.4 Å². The van der Waals surface area contributed by atoms with Gasteiger partial charge in [0.05, 0.1) is 0 Å². The van der Waals surface area contributed by atoms with Gasteiger partial charge >= 0.3 is 0 Å². The number of rotatable bonds is 3. The number of amides is 1. The van der Waals surface area contributed by atoms with Crippen LogP contribution in [0.5, 0.6) is 0 Å². The van der Waals surface area contributed by atoms with Crippen LogP contribution in [0, 0.1) is 6.92 Å². The summed E-state index contributed by atoms with van der Waals surface area (Å²) >= 11 is 0. The van der Waals surface area contributed by atoms with Crippen LogP contribution in [-0.4, -0.2) is 5.91 Å². The number of allylic oxidation sites excluding steroid dienone is 1. The Kier molecular flexibility index (Phi) is 4.61. The lowest BCUT2D eigenvalue weighted by molar-refractivity contribution is 0.0970. The van der Waals surface area contributed by atoms with Gasteiger partial charge in [-0.3, -0.25) is 4.79 Å². The van der Waals surface area contributed by atoms with Gasteiger partial charge in [-0.25, -0.2) is 0 Å². The SMILES string of the molecule is CCc1ccc2c(c1)CCC/C2=C\NC(=O)c1cccc(C)c1. The van der Waals surface area contributed by atoms with Gasteiger partial charge in [-0.15, -0.1) is 0 Å². The Balaban J connectivity index is 1.80. The fraction of sp³-hybridized carbons (Fsp3) is 0.286. The van der Waals surface area contributed by atoms with Gasteiger partial charge in [0.1, 0.15) is 0 Å². The van der Waals surface area contributed by atoms with Crippen LogP contribution < -0.4 is 5.32 Å². The first-order valence-corrected chi connectivity index (χ1v) is 8.36. The molecular weight excluding hydrogens is 282 g/mol.